The Balaban J connectivity index is 1.56. The first-order valence-electron chi connectivity index (χ1n) is 12.9. The summed E-state index contributed by atoms with van der Waals surface area (Å²) in [6.45, 7) is 0.584. The van der Waals surface area contributed by atoms with Gasteiger partial charge in [0, 0.05) is 45.6 Å². The fourth-order valence-corrected chi connectivity index (χ4v) is 5.26. The number of oxazole rings is 1. The van der Waals surface area contributed by atoms with Gasteiger partial charge in [-0.05, 0) is 59.5 Å². The second kappa shape index (κ2) is 9.96. The molecule has 10 nitrogen and oxygen atoms in total. The van der Waals surface area contributed by atoms with Gasteiger partial charge in [0.2, 0.25) is 11.7 Å². The number of carbonyl (C=O) groups is 1. The van der Waals surface area contributed by atoms with E-state index in [1.54, 1.807) is 38.4 Å². The van der Waals surface area contributed by atoms with E-state index in [0.29, 0.717) is 35.6 Å². The predicted octanol–water partition coefficient (Wildman–Crippen LogP) is 3.85. The second-order valence-electron chi connectivity index (χ2n) is 9.88. The summed E-state index contributed by atoms with van der Waals surface area (Å²) in [6, 6.07) is 16.8. The summed E-state index contributed by atoms with van der Waals surface area (Å²) in [4.78, 5) is 43.9. The van der Waals surface area contributed by atoms with Crippen LogP contribution in [0.4, 0.5) is 5.95 Å². The number of ether oxygens (including phenoxy) is 1. The number of rotatable bonds is 5. The third-order valence-corrected chi connectivity index (χ3v) is 7.23. The Bertz CT molecular complexity index is 1760. The number of methoxy groups -OCH3 is 1. The molecule has 0 fully saturated rings. The molecule has 0 aliphatic carbocycles. The lowest BCUT2D eigenvalue weighted by Gasteiger charge is -2.39. The Morgan fingerprint density at radius 1 is 1.07 bits per heavy atom. The molecule has 5 aromatic rings. The first kappa shape index (κ1) is 25.3. The van der Waals surface area contributed by atoms with Crippen molar-refractivity contribution in [1.29, 1.82) is 0 Å². The fraction of sp³-hybridized carbons (Fsp3) is 0.233. The van der Waals surface area contributed by atoms with Gasteiger partial charge in [-0.3, -0.25) is 19.1 Å². The molecule has 1 unspecified atom stereocenters. The van der Waals surface area contributed by atoms with Crippen molar-refractivity contribution < 1.29 is 13.9 Å². The molecule has 1 amide bonds. The molecule has 10 heteroatoms. The number of anilines is 1. The number of aromatic nitrogens is 4. The average Bonchev–Trinajstić information content (AvgIpc) is 3.42. The molecule has 3 aromatic heterocycles. The maximum absolute atomic E-state index is 13.6. The third-order valence-electron chi connectivity index (χ3n) is 7.23. The number of nitrogens with zero attached hydrogens (tertiary/aromatic N) is 6. The van der Waals surface area contributed by atoms with Gasteiger partial charge in [-0.2, -0.15) is 0 Å². The first-order chi connectivity index (χ1) is 19.4. The predicted molar refractivity (Wildman–Crippen MR) is 151 cm³/mol. The summed E-state index contributed by atoms with van der Waals surface area (Å²) in [5, 5.41) is 0. The van der Waals surface area contributed by atoms with Crippen LogP contribution in [0.5, 0.6) is 5.75 Å². The summed E-state index contributed by atoms with van der Waals surface area (Å²) in [6.07, 6.45) is 4.18. The standard InChI is InChI=1S/C30H28N6O4/c1-34(2)28(37)20-10-9-18-13-16-36(25(21(18)17-20)19-11-14-31-15-12-19)30-33-24(26(39-4)29(38)35(30)3)27-32-22-7-5-6-8-23(22)40-27/h5-12,14-15,17,25H,13,16H2,1-4H3. The molecule has 0 saturated heterocycles. The van der Waals surface area contributed by atoms with Crippen LogP contribution in [-0.2, 0) is 13.5 Å². The van der Waals surface area contributed by atoms with Crippen LogP contribution in [0.15, 0.2) is 76.2 Å². The van der Waals surface area contributed by atoms with Crippen molar-refractivity contribution in [2.75, 3.05) is 32.6 Å². The van der Waals surface area contributed by atoms with Gasteiger partial charge in [0.1, 0.15) is 5.52 Å². The van der Waals surface area contributed by atoms with Crippen LogP contribution >= 0.6 is 0 Å². The van der Waals surface area contributed by atoms with Crippen LogP contribution < -0.4 is 15.2 Å². The van der Waals surface area contributed by atoms with Crippen LogP contribution in [0.3, 0.4) is 0 Å². The molecule has 0 radical (unpaired) electrons. The van der Waals surface area contributed by atoms with Gasteiger partial charge < -0.3 is 19.0 Å². The number of hydrogen-bond donors (Lipinski definition) is 0. The summed E-state index contributed by atoms with van der Waals surface area (Å²) in [7, 11) is 6.58. The Hall–Kier alpha value is -4.99. The largest absolute Gasteiger partial charge is 0.489 e. The lowest BCUT2D eigenvalue weighted by molar-refractivity contribution is 0.0827. The molecular weight excluding hydrogens is 508 g/mol. The van der Waals surface area contributed by atoms with Crippen molar-refractivity contribution in [1.82, 2.24) is 24.4 Å². The zero-order valence-corrected chi connectivity index (χ0v) is 22.7. The van der Waals surface area contributed by atoms with Crippen molar-refractivity contribution >= 4 is 23.0 Å². The normalized spacial score (nSPS) is 14.7. The maximum atomic E-state index is 13.6. The van der Waals surface area contributed by atoms with Crippen LogP contribution in [0.2, 0.25) is 0 Å². The lowest BCUT2D eigenvalue weighted by Crippen LogP contribution is -2.40. The van der Waals surface area contributed by atoms with E-state index < -0.39 is 0 Å². The number of benzene rings is 2. The number of amides is 1. The molecule has 40 heavy (non-hydrogen) atoms. The van der Waals surface area contributed by atoms with Crippen molar-refractivity contribution in [3.8, 4) is 17.3 Å². The molecule has 1 aliphatic heterocycles. The third kappa shape index (κ3) is 4.17. The average molecular weight is 537 g/mol. The van der Waals surface area contributed by atoms with Crippen molar-refractivity contribution in [2.24, 2.45) is 7.05 Å². The molecular formula is C30H28N6O4. The van der Waals surface area contributed by atoms with Crippen molar-refractivity contribution in [3.63, 3.8) is 0 Å². The van der Waals surface area contributed by atoms with E-state index in [9.17, 15) is 9.59 Å². The number of hydrogen-bond acceptors (Lipinski definition) is 8. The molecule has 1 aliphatic rings. The van der Waals surface area contributed by atoms with Gasteiger partial charge in [0.05, 0.1) is 13.2 Å². The van der Waals surface area contributed by atoms with E-state index in [2.05, 4.69) is 14.9 Å². The fourth-order valence-electron chi connectivity index (χ4n) is 5.26. The van der Waals surface area contributed by atoms with Crippen LogP contribution in [0, 0.1) is 0 Å². The number of para-hydroxylation sites is 2. The SMILES string of the molecule is COc1c(-c2nc3ccccc3o2)nc(N2CCc3ccc(C(=O)N(C)C)cc3C2c2ccncc2)n(C)c1=O. The van der Waals surface area contributed by atoms with Gasteiger partial charge in [0.25, 0.3) is 17.4 Å². The van der Waals surface area contributed by atoms with Crippen LogP contribution in [0.1, 0.15) is 33.1 Å². The highest BCUT2D eigenvalue weighted by Gasteiger charge is 2.34. The van der Waals surface area contributed by atoms with Gasteiger partial charge >= 0.3 is 0 Å². The lowest BCUT2D eigenvalue weighted by atomic mass is 9.87. The highest BCUT2D eigenvalue weighted by Crippen LogP contribution is 2.39. The zero-order chi connectivity index (χ0) is 28.0. The summed E-state index contributed by atoms with van der Waals surface area (Å²) < 4.78 is 13.0. The quantitative estimate of drug-likeness (QED) is 0.334. The minimum absolute atomic E-state index is 0.0505. The molecule has 6 rings (SSSR count). The maximum Gasteiger partial charge on any atom is 0.297 e. The molecule has 1 atom stereocenters. The van der Waals surface area contributed by atoms with Gasteiger partial charge in [-0.15, -0.1) is 0 Å². The molecule has 4 heterocycles. The van der Waals surface area contributed by atoms with Crippen molar-refractivity contribution in [2.45, 2.75) is 12.5 Å². The van der Waals surface area contributed by atoms with Crippen LogP contribution in [0.25, 0.3) is 22.7 Å². The van der Waals surface area contributed by atoms with E-state index in [4.69, 9.17) is 14.1 Å². The Labute approximate surface area is 230 Å². The minimum Gasteiger partial charge on any atom is -0.489 e. The Morgan fingerprint density at radius 2 is 1.85 bits per heavy atom. The van der Waals surface area contributed by atoms with Crippen molar-refractivity contribution in [3.05, 3.63) is 99.6 Å². The number of pyridine rings is 1. The molecule has 202 valence electrons. The van der Waals surface area contributed by atoms with Crippen LogP contribution in [-0.4, -0.2) is 58.1 Å². The molecule has 2 aromatic carbocycles. The summed E-state index contributed by atoms with van der Waals surface area (Å²) in [5.74, 6) is 0.602. The van der Waals surface area contributed by atoms with Gasteiger partial charge in [-0.1, -0.05) is 18.2 Å². The van der Waals surface area contributed by atoms with E-state index in [1.807, 2.05) is 54.6 Å². The zero-order valence-electron chi connectivity index (χ0n) is 22.7. The number of carbonyl (C=O) groups excluding carboxylic acids is 1. The summed E-state index contributed by atoms with van der Waals surface area (Å²) in [5.41, 5.74) is 4.76. The molecule has 0 saturated carbocycles. The Morgan fingerprint density at radius 3 is 2.58 bits per heavy atom. The molecule has 0 N–H and O–H groups in total. The highest BCUT2D eigenvalue weighted by molar-refractivity contribution is 5.94. The topological polar surface area (TPSA) is 107 Å². The monoisotopic (exact) mass is 536 g/mol. The first-order valence-corrected chi connectivity index (χ1v) is 12.9. The molecule has 0 spiro atoms. The van der Waals surface area contributed by atoms with E-state index in [1.165, 1.54) is 11.7 Å². The van der Waals surface area contributed by atoms with E-state index in [-0.39, 0.29) is 34.8 Å². The van der Waals surface area contributed by atoms with E-state index >= 15 is 0 Å². The van der Waals surface area contributed by atoms with Gasteiger partial charge in [0.15, 0.2) is 11.3 Å². The molecule has 0 bridgehead atoms. The minimum atomic E-state index is -0.361. The van der Waals surface area contributed by atoms with Gasteiger partial charge in [-0.25, -0.2) is 9.97 Å². The Kier molecular flexibility index (Phi) is 6.30. The second-order valence-corrected chi connectivity index (χ2v) is 9.88. The summed E-state index contributed by atoms with van der Waals surface area (Å²) >= 11 is 0. The number of fused-ring (bicyclic) bond motifs is 2. The smallest absolute Gasteiger partial charge is 0.297 e. The highest BCUT2D eigenvalue weighted by atomic mass is 16.5. The van der Waals surface area contributed by atoms with E-state index in [0.717, 1.165) is 16.7 Å².